The van der Waals surface area contributed by atoms with E-state index in [-0.39, 0.29) is 0 Å². The monoisotopic (exact) mass is 625 g/mol. The van der Waals surface area contributed by atoms with Crippen molar-refractivity contribution in [1.29, 1.82) is 0 Å². The van der Waals surface area contributed by atoms with Gasteiger partial charge in [0.1, 0.15) is 22.3 Å². The third kappa shape index (κ3) is 3.87. The Kier molecular flexibility index (Phi) is 5.57. The molecule has 0 spiro atoms. The van der Waals surface area contributed by atoms with Crippen LogP contribution in [0.25, 0.3) is 82.5 Å². The number of para-hydroxylation sites is 3. The van der Waals surface area contributed by atoms with E-state index in [0.29, 0.717) is 0 Å². The Bertz CT molecular complexity index is 2750. The van der Waals surface area contributed by atoms with Gasteiger partial charge in [-0.05, 0) is 81.2 Å². The van der Waals surface area contributed by atoms with Gasteiger partial charge in [-0.3, -0.25) is 0 Å². The fourth-order valence-corrected chi connectivity index (χ4v) is 7.44. The highest BCUT2D eigenvalue weighted by atomic mass is 16.7. The fourth-order valence-electron chi connectivity index (χ4n) is 7.44. The van der Waals surface area contributed by atoms with Gasteiger partial charge in [0.2, 0.25) is 0 Å². The van der Waals surface area contributed by atoms with E-state index >= 15 is 0 Å². The third-order valence-corrected chi connectivity index (χ3v) is 10.7. The van der Waals surface area contributed by atoms with Gasteiger partial charge in [0, 0.05) is 49.6 Å². The van der Waals surface area contributed by atoms with E-state index in [4.69, 9.17) is 18.1 Å². The Morgan fingerprint density at radius 2 is 1.12 bits per heavy atom. The van der Waals surface area contributed by atoms with Crippen molar-refractivity contribution in [3.8, 4) is 16.8 Å². The summed E-state index contributed by atoms with van der Waals surface area (Å²) < 4.78 is 28.1. The fraction of sp³-hybridized carbons (Fsp3) is 0.143. The topological polar surface area (TPSA) is 49.7 Å². The second-order valence-electron chi connectivity index (χ2n) is 14.0. The Hall–Kier alpha value is -5.30. The molecule has 6 heteroatoms. The first kappa shape index (κ1) is 27.8. The molecule has 48 heavy (non-hydrogen) atoms. The predicted molar refractivity (Wildman–Crippen MR) is 196 cm³/mol. The van der Waals surface area contributed by atoms with Crippen LogP contribution >= 0.6 is 0 Å². The molecule has 1 aliphatic heterocycles. The number of fused-ring (bicyclic) bond motifs is 9. The smallest absolute Gasteiger partial charge is 0.456 e. The molecule has 1 saturated heterocycles. The lowest BCUT2D eigenvalue weighted by Gasteiger charge is -2.32. The predicted octanol–water partition coefficient (Wildman–Crippen LogP) is 10.5. The van der Waals surface area contributed by atoms with Crippen molar-refractivity contribution in [2.75, 3.05) is 0 Å². The summed E-state index contributed by atoms with van der Waals surface area (Å²) in [5, 5.41) is 6.74. The summed E-state index contributed by atoms with van der Waals surface area (Å²) in [6.07, 6.45) is 0. The Morgan fingerprint density at radius 3 is 1.90 bits per heavy atom. The molecule has 9 aromatic rings. The van der Waals surface area contributed by atoms with Gasteiger partial charge in [0.15, 0.2) is 0 Å². The molecular formula is C42H32BNO4. The van der Waals surface area contributed by atoms with Crippen LogP contribution in [0, 0.1) is 0 Å². The highest BCUT2D eigenvalue weighted by molar-refractivity contribution is 6.62. The molecule has 3 aromatic heterocycles. The summed E-state index contributed by atoms with van der Waals surface area (Å²) in [4.78, 5) is 0. The molecule has 0 atom stereocenters. The zero-order valence-corrected chi connectivity index (χ0v) is 27.2. The van der Waals surface area contributed by atoms with Gasteiger partial charge in [-0.1, -0.05) is 72.8 Å². The molecule has 0 bridgehead atoms. The highest BCUT2D eigenvalue weighted by Crippen LogP contribution is 2.41. The van der Waals surface area contributed by atoms with Gasteiger partial charge >= 0.3 is 7.12 Å². The summed E-state index contributed by atoms with van der Waals surface area (Å²) >= 11 is 0. The first-order chi connectivity index (χ1) is 23.3. The van der Waals surface area contributed by atoms with Crippen LogP contribution in [0.5, 0.6) is 0 Å². The molecular weight excluding hydrogens is 593 g/mol. The van der Waals surface area contributed by atoms with E-state index in [1.54, 1.807) is 0 Å². The van der Waals surface area contributed by atoms with Crippen molar-refractivity contribution in [2.45, 2.75) is 38.9 Å². The molecule has 232 valence electrons. The molecule has 0 saturated carbocycles. The van der Waals surface area contributed by atoms with Crippen molar-refractivity contribution in [2.24, 2.45) is 0 Å². The summed E-state index contributed by atoms with van der Waals surface area (Å²) in [6, 6.07) is 42.6. The van der Waals surface area contributed by atoms with Crippen LogP contribution in [0.1, 0.15) is 27.7 Å². The summed E-state index contributed by atoms with van der Waals surface area (Å²) in [5.41, 5.74) is 9.09. The van der Waals surface area contributed by atoms with Gasteiger partial charge in [-0.15, -0.1) is 0 Å². The van der Waals surface area contributed by atoms with Gasteiger partial charge in [0.05, 0.1) is 22.2 Å². The van der Waals surface area contributed by atoms with Crippen LogP contribution in [-0.4, -0.2) is 22.9 Å². The maximum atomic E-state index is 6.50. The molecule has 0 unspecified atom stereocenters. The normalized spacial score (nSPS) is 16.0. The number of nitrogens with zero attached hydrogens (tertiary/aromatic N) is 1. The molecule has 4 heterocycles. The van der Waals surface area contributed by atoms with Crippen molar-refractivity contribution in [3.05, 3.63) is 121 Å². The van der Waals surface area contributed by atoms with E-state index in [1.807, 2.05) is 24.3 Å². The van der Waals surface area contributed by atoms with Crippen molar-refractivity contribution < 1.29 is 18.1 Å². The minimum Gasteiger partial charge on any atom is -0.456 e. The van der Waals surface area contributed by atoms with Gasteiger partial charge in [-0.25, -0.2) is 0 Å². The van der Waals surface area contributed by atoms with E-state index in [9.17, 15) is 0 Å². The molecule has 0 radical (unpaired) electrons. The minimum absolute atomic E-state index is 0.430. The van der Waals surface area contributed by atoms with E-state index < -0.39 is 18.3 Å². The average molecular weight is 626 g/mol. The second-order valence-corrected chi connectivity index (χ2v) is 14.0. The van der Waals surface area contributed by atoms with Gasteiger partial charge < -0.3 is 22.7 Å². The lowest BCUT2D eigenvalue weighted by Crippen LogP contribution is -2.41. The zero-order chi connectivity index (χ0) is 32.4. The molecule has 1 fully saturated rings. The van der Waals surface area contributed by atoms with Crippen LogP contribution in [0.2, 0.25) is 0 Å². The lowest BCUT2D eigenvalue weighted by atomic mass is 9.78. The van der Waals surface area contributed by atoms with Gasteiger partial charge in [-0.2, -0.15) is 0 Å². The third-order valence-electron chi connectivity index (χ3n) is 10.7. The molecule has 0 N–H and O–H groups in total. The Morgan fingerprint density at radius 1 is 0.500 bits per heavy atom. The number of benzene rings is 6. The number of furan rings is 2. The Labute approximate surface area is 277 Å². The summed E-state index contributed by atoms with van der Waals surface area (Å²) in [5.74, 6) is 0. The first-order valence-electron chi connectivity index (χ1n) is 16.5. The summed E-state index contributed by atoms with van der Waals surface area (Å²) in [7, 11) is -0.461. The SMILES string of the molecule is CC1(C)OB(c2ccc3c(c2)c2cc(-c4cccc5c4oc4ccccc45)ccc2n3-c2ccc3c(c2)oc2ccccc23)OC1(C)C. The van der Waals surface area contributed by atoms with E-state index in [0.717, 1.165) is 88.0 Å². The molecule has 1 aliphatic rings. The van der Waals surface area contributed by atoms with Crippen LogP contribution in [0.3, 0.4) is 0 Å². The molecule has 6 aromatic carbocycles. The van der Waals surface area contributed by atoms with E-state index in [1.165, 1.54) is 0 Å². The first-order valence-corrected chi connectivity index (χ1v) is 16.5. The minimum atomic E-state index is -0.461. The lowest BCUT2D eigenvalue weighted by molar-refractivity contribution is 0.00578. The average Bonchev–Trinajstić information content (AvgIpc) is 3.80. The van der Waals surface area contributed by atoms with Crippen molar-refractivity contribution in [1.82, 2.24) is 4.57 Å². The van der Waals surface area contributed by atoms with E-state index in [2.05, 4.69) is 129 Å². The maximum absolute atomic E-state index is 6.50. The van der Waals surface area contributed by atoms with Crippen LogP contribution < -0.4 is 5.46 Å². The van der Waals surface area contributed by atoms with Crippen LogP contribution in [-0.2, 0) is 9.31 Å². The van der Waals surface area contributed by atoms with Gasteiger partial charge in [0.25, 0.3) is 0 Å². The van der Waals surface area contributed by atoms with Crippen LogP contribution in [0.15, 0.2) is 130 Å². The van der Waals surface area contributed by atoms with Crippen LogP contribution in [0.4, 0.5) is 0 Å². The largest absolute Gasteiger partial charge is 0.494 e. The maximum Gasteiger partial charge on any atom is 0.494 e. The number of hydrogen-bond donors (Lipinski definition) is 0. The highest BCUT2D eigenvalue weighted by Gasteiger charge is 2.51. The molecule has 5 nitrogen and oxygen atoms in total. The molecule has 10 rings (SSSR count). The number of aromatic nitrogens is 1. The zero-order valence-electron chi connectivity index (χ0n) is 27.2. The van der Waals surface area contributed by atoms with Crippen molar-refractivity contribution >= 4 is 78.3 Å². The standard InChI is InChI=1S/C42H32BNO4/c1-41(2)42(3,4)48-43(47-41)26-17-21-36-34(23-26)33-22-25(28-12-9-13-32-30-11-6-8-15-38(30)46-40(28)32)16-20-35(33)44(36)27-18-19-31-29-10-5-7-14-37(29)45-39(31)24-27/h5-24H,1-4H3. The number of hydrogen-bond acceptors (Lipinski definition) is 4. The Balaban J connectivity index is 1.21. The summed E-state index contributed by atoms with van der Waals surface area (Å²) in [6.45, 7) is 8.38. The second kappa shape index (κ2) is 9.63. The number of rotatable bonds is 3. The molecule has 0 amide bonds. The quantitative estimate of drug-likeness (QED) is 0.183. The molecule has 0 aliphatic carbocycles. The van der Waals surface area contributed by atoms with Crippen molar-refractivity contribution in [3.63, 3.8) is 0 Å².